The van der Waals surface area contributed by atoms with Gasteiger partial charge in [0.05, 0.1) is 6.61 Å². The molecule has 0 aromatic heterocycles. The van der Waals surface area contributed by atoms with Gasteiger partial charge in [-0.1, -0.05) is 0 Å². The van der Waals surface area contributed by atoms with Crippen LogP contribution in [0.5, 0.6) is 17.2 Å². The smallest absolute Gasteiger partial charge is 0.231 e. The molecule has 6 nitrogen and oxygen atoms in total. The third kappa shape index (κ3) is 4.64. The molecule has 0 radical (unpaired) electrons. The van der Waals surface area contributed by atoms with Crippen LogP contribution in [0.2, 0.25) is 0 Å². The maximum Gasteiger partial charge on any atom is 0.231 e. The fourth-order valence-corrected chi connectivity index (χ4v) is 2.86. The van der Waals surface area contributed by atoms with Crippen molar-refractivity contribution in [3.05, 3.63) is 17.7 Å². The van der Waals surface area contributed by atoms with E-state index < -0.39 is 0 Å². The Balaban J connectivity index is 0.00000192. The van der Waals surface area contributed by atoms with Crippen molar-refractivity contribution < 1.29 is 18.9 Å². The van der Waals surface area contributed by atoms with Gasteiger partial charge in [-0.15, -0.1) is 12.4 Å². The first-order chi connectivity index (χ1) is 10.8. The van der Waals surface area contributed by atoms with E-state index in [-0.39, 0.29) is 19.2 Å². The number of hydrogen-bond donors (Lipinski definition) is 1. The molecule has 7 heteroatoms. The minimum atomic E-state index is 0. The fourth-order valence-electron chi connectivity index (χ4n) is 2.86. The number of nitrogens with zero attached hydrogens (tertiary/aromatic N) is 1. The molecule has 130 valence electrons. The van der Waals surface area contributed by atoms with E-state index in [1.807, 2.05) is 12.1 Å². The summed E-state index contributed by atoms with van der Waals surface area (Å²) in [5.74, 6) is 2.41. The van der Waals surface area contributed by atoms with Crippen LogP contribution in [0.1, 0.15) is 12.5 Å². The minimum Gasteiger partial charge on any atom is -0.491 e. The first kappa shape index (κ1) is 18.1. The Morgan fingerprint density at radius 2 is 2.04 bits per heavy atom. The summed E-state index contributed by atoms with van der Waals surface area (Å²) in [7, 11) is 1.67. The second-order valence-electron chi connectivity index (χ2n) is 5.74. The fraction of sp³-hybridized carbons (Fsp3) is 0.625. The molecule has 3 rings (SSSR count). The Kier molecular flexibility index (Phi) is 6.77. The third-order valence-corrected chi connectivity index (χ3v) is 3.95. The number of halogens is 1. The van der Waals surface area contributed by atoms with Crippen molar-refractivity contribution in [1.29, 1.82) is 0 Å². The lowest BCUT2D eigenvalue weighted by Gasteiger charge is -2.32. The van der Waals surface area contributed by atoms with Gasteiger partial charge in [0.15, 0.2) is 11.5 Å². The lowest BCUT2D eigenvalue weighted by Crippen LogP contribution is -2.48. The van der Waals surface area contributed by atoms with E-state index in [2.05, 4.69) is 17.1 Å². The molecule has 1 N–H and O–H groups in total. The second kappa shape index (κ2) is 8.59. The molecular formula is C16H25ClN2O4. The molecule has 2 aliphatic heterocycles. The number of methoxy groups -OCH3 is 1. The summed E-state index contributed by atoms with van der Waals surface area (Å²) in [6, 6.07) is 4.48. The number of ether oxygens (including phenoxy) is 4. The highest BCUT2D eigenvalue weighted by molar-refractivity contribution is 5.85. The zero-order chi connectivity index (χ0) is 15.4. The summed E-state index contributed by atoms with van der Waals surface area (Å²) >= 11 is 0. The topological polar surface area (TPSA) is 52.2 Å². The van der Waals surface area contributed by atoms with Crippen LogP contribution >= 0.6 is 12.4 Å². The Bertz CT molecular complexity index is 515. The van der Waals surface area contributed by atoms with Gasteiger partial charge in [0.25, 0.3) is 0 Å². The Labute approximate surface area is 143 Å². The maximum absolute atomic E-state index is 5.87. The average Bonchev–Trinajstić information content (AvgIpc) is 2.95. The number of piperazine rings is 1. The van der Waals surface area contributed by atoms with Crippen molar-refractivity contribution in [1.82, 2.24) is 10.2 Å². The summed E-state index contributed by atoms with van der Waals surface area (Å²) in [6.07, 6.45) is 0. The van der Waals surface area contributed by atoms with E-state index in [0.717, 1.165) is 49.0 Å². The molecular weight excluding hydrogens is 320 g/mol. The highest BCUT2D eigenvalue weighted by Gasteiger charge is 2.21. The molecule has 0 amide bonds. The van der Waals surface area contributed by atoms with E-state index in [0.29, 0.717) is 19.3 Å². The van der Waals surface area contributed by atoms with E-state index in [4.69, 9.17) is 18.9 Å². The molecule has 1 atom stereocenters. The first-order valence-corrected chi connectivity index (χ1v) is 7.76. The zero-order valence-corrected chi connectivity index (χ0v) is 14.5. The predicted molar refractivity (Wildman–Crippen MR) is 89.9 cm³/mol. The number of hydrogen-bond acceptors (Lipinski definition) is 6. The van der Waals surface area contributed by atoms with E-state index in [1.54, 1.807) is 7.11 Å². The number of nitrogens with one attached hydrogen (secondary N) is 1. The maximum atomic E-state index is 5.87. The summed E-state index contributed by atoms with van der Waals surface area (Å²) in [6.45, 7) is 7.53. The molecule has 0 spiro atoms. The Hall–Kier alpha value is -1.21. The Morgan fingerprint density at radius 1 is 1.26 bits per heavy atom. The highest BCUT2D eigenvalue weighted by atomic mass is 35.5. The monoisotopic (exact) mass is 344 g/mol. The van der Waals surface area contributed by atoms with Crippen LogP contribution in [0.3, 0.4) is 0 Å². The van der Waals surface area contributed by atoms with Gasteiger partial charge in [-0.05, 0) is 13.0 Å². The summed E-state index contributed by atoms with van der Waals surface area (Å²) in [5.41, 5.74) is 1.13. The summed E-state index contributed by atoms with van der Waals surface area (Å²) in [5, 5.41) is 3.46. The molecule has 0 aliphatic carbocycles. The molecule has 0 bridgehead atoms. The van der Waals surface area contributed by atoms with E-state index in [1.165, 1.54) is 0 Å². The van der Waals surface area contributed by atoms with Gasteiger partial charge in [0.2, 0.25) is 6.79 Å². The molecule has 0 saturated carbocycles. The number of benzene rings is 1. The van der Waals surface area contributed by atoms with E-state index >= 15 is 0 Å². The first-order valence-electron chi connectivity index (χ1n) is 7.76. The lowest BCUT2D eigenvalue weighted by atomic mass is 10.1. The van der Waals surface area contributed by atoms with Crippen molar-refractivity contribution >= 4 is 12.4 Å². The van der Waals surface area contributed by atoms with Crippen molar-refractivity contribution in [3.63, 3.8) is 0 Å². The normalized spacial score (nSPS) is 20.2. The van der Waals surface area contributed by atoms with Crippen LogP contribution in [0.25, 0.3) is 0 Å². The molecule has 1 saturated heterocycles. The van der Waals surface area contributed by atoms with Crippen LogP contribution in [-0.4, -0.2) is 57.7 Å². The van der Waals surface area contributed by atoms with Gasteiger partial charge in [0, 0.05) is 51.0 Å². The summed E-state index contributed by atoms with van der Waals surface area (Å²) in [4.78, 5) is 2.43. The van der Waals surface area contributed by atoms with Gasteiger partial charge in [0.1, 0.15) is 12.4 Å². The van der Waals surface area contributed by atoms with Gasteiger partial charge < -0.3 is 24.3 Å². The van der Waals surface area contributed by atoms with Gasteiger partial charge >= 0.3 is 0 Å². The average molecular weight is 345 g/mol. The van der Waals surface area contributed by atoms with E-state index in [9.17, 15) is 0 Å². The second-order valence-corrected chi connectivity index (χ2v) is 5.74. The van der Waals surface area contributed by atoms with Crippen LogP contribution in [0.4, 0.5) is 0 Å². The quantitative estimate of drug-likeness (QED) is 0.792. The molecule has 0 unspecified atom stereocenters. The lowest BCUT2D eigenvalue weighted by molar-refractivity contribution is 0.143. The van der Waals surface area contributed by atoms with Crippen LogP contribution in [-0.2, 0) is 11.3 Å². The van der Waals surface area contributed by atoms with Crippen molar-refractivity contribution in [2.75, 3.05) is 46.8 Å². The zero-order valence-electron chi connectivity index (χ0n) is 13.7. The highest BCUT2D eigenvalue weighted by Crippen LogP contribution is 2.38. The Morgan fingerprint density at radius 3 is 2.78 bits per heavy atom. The number of rotatable bonds is 6. The van der Waals surface area contributed by atoms with Crippen molar-refractivity contribution in [2.24, 2.45) is 0 Å². The van der Waals surface area contributed by atoms with Gasteiger partial charge in [-0.25, -0.2) is 0 Å². The molecule has 1 fully saturated rings. The molecule has 1 aromatic rings. The van der Waals surface area contributed by atoms with Crippen LogP contribution < -0.4 is 19.5 Å². The van der Waals surface area contributed by atoms with Crippen LogP contribution in [0, 0.1) is 0 Å². The predicted octanol–water partition coefficient (Wildman–Crippen LogP) is 1.66. The molecule has 23 heavy (non-hydrogen) atoms. The van der Waals surface area contributed by atoms with Crippen LogP contribution in [0.15, 0.2) is 12.1 Å². The largest absolute Gasteiger partial charge is 0.491 e. The SMILES string of the molecule is COCCOc1cc2c(cc1CN1CCN[C@H](C)C1)OCO2.Cl. The van der Waals surface area contributed by atoms with Crippen molar-refractivity contribution in [2.45, 2.75) is 19.5 Å². The van der Waals surface area contributed by atoms with Gasteiger partial charge in [-0.2, -0.15) is 0 Å². The molecule has 2 aliphatic rings. The van der Waals surface area contributed by atoms with Gasteiger partial charge in [-0.3, -0.25) is 4.90 Å². The summed E-state index contributed by atoms with van der Waals surface area (Å²) < 4.78 is 21.9. The number of fused-ring (bicyclic) bond motifs is 1. The standard InChI is InChI=1S/C16H24N2O4.ClH/c1-12-9-18(4-3-17-12)10-13-7-15-16(22-11-21-15)8-14(13)20-6-5-19-2;/h7-8,12,17H,3-6,9-11H2,1-2H3;1H/t12-;/m1./s1. The minimum absolute atomic E-state index is 0. The molecule has 2 heterocycles. The van der Waals surface area contributed by atoms with Crippen molar-refractivity contribution in [3.8, 4) is 17.2 Å². The third-order valence-electron chi connectivity index (χ3n) is 3.95. The molecule has 1 aromatic carbocycles.